The molecule has 1 heterocycles. The smallest absolute Gasteiger partial charge is 0.265 e. The van der Waals surface area contributed by atoms with E-state index in [2.05, 4.69) is 5.32 Å². The van der Waals surface area contributed by atoms with Gasteiger partial charge in [0, 0.05) is 11.1 Å². The lowest BCUT2D eigenvalue weighted by Gasteiger charge is -2.28. The van der Waals surface area contributed by atoms with E-state index in [1.165, 1.54) is 51.7 Å². The summed E-state index contributed by atoms with van der Waals surface area (Å²) in [6.45, 7) is -0.227. The van der Waals surface area contributed by atoms with Gasteiger partial charge in [0.25, 0.3) is 10.0 Å². The number of fused-ring (bicyclic) bond motifs is 1. The molecule has 202 valence electrons. The number of nitrogens with one attached hydrogen (secondary N) is 1. The Morgan fingerprint density at radius 2 is 1.66 bits per heavy atom. The minimum absolute atomic E-state index is 0.0936. The van der Waals surface area contributed by atoms with Crippen LogP contribution in [0.25, 0.3) is 0 Å². The summed E-state index contributed by atoms with van der Waals surface area (Å²) in [7, 11) is -0.0605. The number of ether oxygens (including phenoxy) is 5. The zero-order valence-electron chi connectivity index (χ0n) is 21.0. The Morgan fingerprint density at radius 1 is 0.974 bits per heavy atom. The van der Waals surface area contributed by atoms with Crippen molar-refractivity contribution in [3.63, 3.8) is 0 Å². The van der Waals surface area contributed by atoms with Crippen molar-refractivity contribution >= 4 is 33.2 Å². The molecule has 3 aromatic rings. The van der Waals surface area contributed by atoms with Crippen LogP contribution in [0.5, 0.6) is 28.7 Å². The first-order valence-electron chi connectivity index (χ1n) is 11.5. The van der Waals surface area contributed by atoms with Crippen LogP contribution in [-0.4, -0.2) is 61.5 Å². The number of amides is 1. The first kappa shape index (κ1) is 27.2. The maximum Gasteiger partial charge on any atom is 0.265 e. The maximum atomic E-state index is 13.9. The fourth-order valence-electron chi connectivity index (χ4n) is 3.84. The lowest BCUT2D eigenvalue weighted by atomic mass is 10.2. The molecule has 1 aliphatic heterocycles. The van der Waals surface area contributed by atoms with Crippen LogP contribution in [0.1, 0.15) is 0 Å². The number of carbonyl (C=O) groups excluding carboxylic acids is 1. The van der Waals surface area contributed by atoms with Crippen molar-refractivity contribution in [2.45, 2.75) is 11.0 Å². The van der Waals surface area contributed by atoms with Gasteiger partial charge in [-0.2, -0.15) is 0 Å². The Hall–Kier alpha value is -3.83. The number of hydrogen-bond donors (Lipinski definition) is 1. The average molecular weight is 563 g/mol. The molecule has 1 N–H and O–H groups in total. The molecule has 0 aromatic heterocycles. The second kappa shape index (κ2) is 11.7. The number of carbonyl (C=O) groups is 1. The largest absolute Gasteiger partial charge is 0.495 e. The number of halogens is 1. The monoisotopic (exact) mass is 562 g/mol. The molecule has 0 radical (unpaired) electrons. The van der Waals surface area contributed by atoms with Crippen LogP contribution in [0, 0.1) is 0 Å². The SMILES string of the molecule is COc1ccc(S(=O)(=O)N(CC(=O)NC[C@H]2COc3ccccc3O2)c2cc(Cl)ccc2OC)cc1OC. The van der Waals surface area contributed by atoms with Crippen molar-refractivity contribution in [2.24, 2.45) is 0 Å². The van der Waals surface area contributed by atoms with Crippen LogP contribution in [0.2, 0.25) is 5.02 Å². The van der Waals surface area contributed by atoms with Gasteiger partial charge in [-0.05, 0) is 42.5 Å². The molecule has 4 rings (SSSR count). The quantitative estimate of drug-likeness (QED) is 0.399. The Morgan fingerprint density at radius 3 is 2.37 bits per heavy atom. The molecule has 0 aliphatic carbocycles. The highest BCUT2D eigenvalue weighted by molar-refractivity contribution is 7.92. The molecular weight excluding hydrogens is 536 g/mol. The van der Waals surface area contributed by atoms with Crippen LogP contribution in [0.15, 0.2) is 65.6 Å². The molecule has 0 bridgehead atoms. The van der Waals surface area contributed by atoms with Crippen molar-refractivity contribution in [1.29, 1.82) is 0 Å². The summed E-state index contributed by atoms with van der Waals surface area (Å²) in [5.41, 5.74) is 0.0936. The van der Waals surface area contributed by atoms with E-state index in [4.69, 9.17) is 35.3 Å². The van der Waals surface area contributed by atoms with Gasteiger partial charge < -0.3 is 29.0 Å². The van der Waals surface area contributed by atoms with Crippen LogP contribution in [0.3, 0.4) is 0 Å². The highest BCUT2D eigenvalue weighted by Crippen LogP contribution is 2.37. The normalized spacial score (nSPS) is 14.4. The average Bonchev–Trinajstić information content (AvgIpc) is 2.94. The Labute approximate surface area is 226 Å². The first-order valence-corrected chi connectivity index (χ1v) is 13.3. The fourth-order valence-corrected chi connectivity index (χ4v) is 5.45. The van der Waals surface area contributed by atoms with Crippen molar-refractivity contribution in [1.82, 2.24) is 5.32 Å². The zero-order chi connectivity index (χ0) is 27.3. The molecule has 0 saturated heterocycles. The number of para-hydroxylation sites is 2. The van der Waals surface area contributed by atoms with Crippen molar-refractivity contribution < 1.29 is 36.9 Å². The molecule has 1 aliphatic rings. The van der Waals surface area contributed by atoms with E-state index < -0.39 is 28.6 Å². The van der Waals surface area contributed by atoms with Crippen molar-refractivity contribution in [3.8, 4) is 28.7 Å². The van der Waals surface area contributed by atoms with E-state index in [0.29, 0.717) is 17.2 Å². The molecular formula is C26H27ClN2O8S. The Kier molecular flexibility index (Phi) is 8.38. The molecule has 12 heteroatoms. The topological polar surface area (TPSA) is 113 Å². The summed E-state index contributed by atoms with van der Waals surface area (Å²) in [5, 5.41) is 3.00. The van der Waals surface area contributed by atoms with Gasteiger partial charge in [-0.15, -0.1) is 0 Å². The lowest BCUT2D eigenvalue weighted by molar-refractivity contribution is -0.120. The van der Waals surface area contributed by atoms with Gasteiger partial charge in [-0.25, -0.2) is 8.42 Å². The van der Waals surface area contributed by atoms with Crippen LogP contribution < -0.4 is 33.3 Å². The summed E-state index contributed by atoms with van der Waals surface area (Å²) in [6.07, 6.45) is -0.453. The van der Waals surface area contributed by atoms with Gasteiger partial charge >= 0.3 is 0 Å². The maximum absolute atomic E-state index is 13.9. The van der Waals surface area contributed by atoms with Gasteiger partial charge in [-0.3, -0.25) is 9.10 Å². The number of nitrogens with zero attached hydrogens (tertiary/aromatic N) is 1. The summed E-state index contributed by atoms with van der Waals surface area (Å²) in [6, 6.07) is 15.9. The summed E-state index contributed by atoms with van der Waals surface area (Å²) in [5.74, 6) is 1.40. The predicted octanol–water partition coefficient (Wildman–Crippen LogP) is 3.52. The van der Waals surface area contributed by atoms with E-state index in [9.17, 15) is 13.2 Å². The molecule has 0 spiro atoms. The second-order valence-corrected chi connectivity index (χ2v) is 10.4. The van der Waals surface area contributed by atoms with Gasteiger partial charge in [0.05, 0.1) is 38.5 Å². The van der Waals surface area contributed by atoms with Gasteiger partial charge in [0.2, 0.25) is 5.91 Å². The van der Waals surface area contributed by atoms with Gasteiger partial charge in [0.1, 0.15) is 25.0 Å². The molecule has 3 aromatic carbocycles. The fraction of sp³-hybridized carbons (Fsp3) is 0.269. The predicted molar refractivity (Wildman–Crippen MR) is 141 cm³/mol. The summed E-state index contributed by atoms with van der Waals surface area (Å²) in [4.78, 5) is 12.9. The molecule has 10 nitrogen and oxygen atoms in total. The van der Waals surface area contributed by atoms with E-state index >= 15 is 0 Å². The lowest BCUT2D eigenvalue weighted by Crippen LogP contribution is -2.45. The highest BCUT2D eigenvalue weighted by Gasteiger charge is 2.31. The minimum Gasteiger partial charge on any atom is -0.495 e. The number of sulfonamides is 1. The van der Waals surface area contributed by atoms with Gasteiger partial charge in [0.15, 0.2) is 23.0 Å². The second-order valence-electron chi connectivity index (χ2n) is 8.15. The van der Waals surface area contributed by atoms with E-state index in [0.717, 1.165) is 4.31 Å². The van der Waals surface area contributed by atoms with Gasteiger partial charge in [-0.1, -0.05) is 23.7 Å². The van der Waals surface area contributed by atoms with Crippen LogP contribution in [0.4, 0.5) is 5.69 Å². The Bertz CT molecular complexity index is 1420. The highest BCUT2D eigenvalue weighted by atomic mass is 35.5. The molecule has 0 unspecified atom stereocenters. The number of rotatable bonds is 10. The molecule has 0 saturated carbocycles. The molecule has 0 fully saturated rings. The van der Waals surface area contributed by atoms with E-state index in [1.54, 1.807) is 18.2 Å². The zero-order valence-corrected chi connectivity index (χ0v) is 22.5. The first-order chi connectivity index (χ1) is 18.3. The number of anilines is 1. The third kappa shape index (κ3) is 5.84. The summed E-state index contributed by atoms with van der Waals surface area (Å²) >= 11 is 6.20. The Balaban J connectivity index is 1.60. The standard InChI is InChI=1S/C26H27ClN2O8S/c1-33-21-10-8-17(27)12-20(21)29(38(31,32)19-9-11-22(34-2)25(13-19)35-3)15-26(30)28-14-18-16-36-23-6-4-5-7-24(23)37-18/h4-13,18H,14-16H2,1-3H3,(H,28,30)/t18-/m0/s1. The molecule has 1 amide bonds. The van der Waals surface area contributed by atoms with Crippen LogP contribution >= 0.6 is 11.6 Å². The third-order valence-corrected chi connectivity index (χ3v) is 7.73. The van der Waals surface area contributed by atoms with Crippen LogP contribution in [-0.2, 0) is 14.8 Å². The third-order valence-electron chi connectivity index (χ3n) is 5.73. The van der Waals surface area contributed by atoms with Crippen molar-refractivity contribution in [2.75, 3.05) is 45.3 Å². The number of benzene rings is 3. The van der Waals surface area contributed by atoms with E-state index in [-0.39, 0.29) is 40.3 Å². The summed E-state index contributed by atoms with van der Waals surface area (Å²) < 4.78 is 56.1. The molecule has 38 heavy (non-hydrogen) atoms. The number of hydrogen-bond acceptors (Lipinski definition) is 8. The number of methoxy groups -OCH3 is 3. The van der Waals surface area contributed by atoms with E-state index in [1.807, 2.05) is 12.1 Å². The molecule has 1 atom stereocenters. The minimum atomic E-state index is -4.30. The van der Waals surface area contributed by atoms with Crippen molar-refractivity contribution in [3.05, 3.63) is 65.7 Å².